The zero-order chi connectivity index (χ0) is 17.1. The van der Waals surface area contributed by atoms with Crippen molar-refractivity contribution in [2.45, 2.75) is 30.8 Å². The van der Waals surface area contributed by atoms with Crippen LogP contribution in [0.25, 0.3) is 11.2 Å². The molecular weight excluding hydrogens is 388 g/mol. The molecule has 2 aromatic heterocycles. The Kier molecular flexibility index (Phi) is 5.20. The minimum atomic E-state index is -0.251. The van der Waals surface area contributed by atoms with Gasteiger partial charge in [-0.1, -0.05) is 41.6 Å². The average molecular weight is 405 g/mol. The molecule has 0 bridgehead atoms. The zero-order valence-corrected chi connectivity index (χ0v) is 15.7. The molecule has 24 heavy (non-hydrogen) atoms. The van der Waals surface area contributed by atoms with Crippen LogP contribution < -0.4 is 5.32 Å². The molecule has 124 valence electrons. The van der Waals surface area contributed by atoms with Gasteiger partial charge in [0.15, 0.2) is 10.8 Å². The Labute approximate surface area is 152 Å². The Bertz CT molecular complexity index is 863. The summed E-state index contributed by atoms with van der Waals surface area (Å²) in [6.07, 6.45) is 1.70. The molecule has 0 radical (unpaired) electrons. The molecule has 1 unspecified atom stereocenters. The van der Waals surface area contributed by atoms with Gasteiger partial charge in [-0.05, 0) is 41.4 Å². The number of halogens is 1. The summed E-state index contributed by atoms with van der Waals surface area (Å²) in [4.78, 5) is 24.1. The molecular formula is C17H17BrN4OS. The first-order chi connectivity index (χ1) is 11.5. The van der Waals surface area contributed by atoms with E-state index in [9.17, 15) is 4.79 Å². The van der Waals surface area contributed by atoms with E-state index in [1.165, 1.54) is 17.3 Å². The molecule has 0 fully saturated rings. The van der Waals surface area contributed by atoms with Gasteiger partial charge >= 0.3 is 0 Å². The molecule has 0 spiro atoms. The second-order valence-corrected chi connectivity index (χ2v) is 7.78. The molecule has 1 amide bonds. The molecule has 3 rings (SSSR count). The van der Waals surface area contributed by atoms with E-state index < -0.39 is 0 Å². The van der Waals surface area contributed by atoms with Crippen LogP contribution in [0.1, 0.15) is 18.1 Å². The van der Waals surface area contributed by atoms with Gasteiger partial charge < -0.3 is 10.3 Å². The van der Waals surface area contributed by atoms with Crippen molar-refractivity contribution in [1.82, 2.24) is 20.3 Å². The van der Waals surface area contributed by atoms with Crippen molar-refractivity contribution in [3.8, 4) is 0 Å². The third-order valence-electron chi connectivity index (χ3n) is 3.53. The quantitative estimate of drug-likeness (QED) is 0.633. The number of hydrogen-bond donors (Lipinski definition) is 2. The van der Waals surface area contributed by atoms with Gasteiger partial charge in [-0.25, -0.2) is 9.97 Å². The van der Waals surface area contributed by atoms with Crippen molar-refractivity contribution in [3.63, 3.8) is 0 Å². The van der Waals surface area contributed by atoms with E-state index in [0.717, 1.165) is 15.6 Å². The number of nitrogens with one attached hydrogen (secondary N) is 2. The number of carbonyl (C=O) groups excluding carboxylic acids is 1. The summed E-state index contributed by atoms with van der Waals surface area (Å²) in [7, 11) is 0. The van der Waals surface area contributed by atoms with Crippen molar-refractivity contribution in [2.24, 2.45) is 0 Å². The molecule has 7 heteroatoms. The lowest BCUT2D eigenvalue weighted by molar-refractivity contribution is -0.120. The summed E-state index contributed by atoms with van der Waals surface area (Å²) in [5.41, 5.74) is 3.79. The molecule has 1 atom stereocenters. The fourth-order valence-corrected chi connectivity index (χ4v) is 3.33. The lowest BCUT2D eigenvalue weighted by atomic mass is 10.1. The highest BCUT2D eigenvalue weighted by molar-refractivity contribution is 9.10. The normalized spacial score (nSPS) is 12.3. The number of pyridine rings is 1. The van der Waals surface area contributed by atoms with E-state index in [1.54, 1.807) is 6.20 Å². The number of amides is 1. The van der Waals surface area contributed by atoms with Crippen LogP contribution in [-0.4, -0.2) is 26.1 Å². The Balaban J connectivity index is 1.59. The smallest absolute Gasteiger partial charge is 0.233 e. The number of nitrogens with zero attached hydrogens (tertiary/aromatic N) is 2. The first-order valence-electron chi connectivity index (χ1n) is 7.52. The second kappa shape index (κ2) is 7.36. The molecule has 2 heterocycles. The second-order valence-electron chi connectivity index (χ2n) is 5.53. The van der Waals surface area contributed by atoms with Crippen molar-refractivity contribution < 1.29 is 4.79 Å². The zero-order valence-electron chi connectivity index (χ0n) is 13.3. The van der Waals surface area contributed by atoms with Crippen LogP contribution in [0.5, 0.6) is 0 Å². The molecule has 0 aliphatic rings. The number of hydrogen-bond acceptors (Lipinski definition) is 4. The first-order valence-corrected chi connectivity index (χ1v) is 9.20. The van der Waals surface area contributed by atoms with Gasteiger partial charge in [0.2, 0.25) is 5.91 Å². The summed E-state index contributed by atoms with van der Waals surface area (Å²) in [5.74, 6) is -0.0184. The third-order valence-corrected chi connectivity index (χ3v) is 4.95. The maximum atomic E-state index is 12.3. The maximum Gasteiger partial charge on any atom is 0.233 e. The molecule has 3 aromatic rings. The summed E-state index contributed by atoms with van der Waals surface area (Å²) < 4.78 is 0.888. The van der Waals surface area contributed by atoms with Crippen LogP contribution in [0, 0.1) is 6.92 Å². The minimum absolute atomic E-state index is 0.0184. The number of imidazole rings is 1. The van der Waals surface area contributed by atoms with Gasteiger partial charge in [-0.15, -0.1) is 0 Å². The third kappa shape index (κ3) is 4.15. The summed E-state index contributed by atoms with van der Waals surface area (Å²) in [6, 6.07) is 10.0. The lowest BCUT2D eigenvalue weighted by Gasteiger charge is -2.10. The van der Waals surface area contributed by atoms with E-state index in [-0.39, 0.29) is 11.2 Å². The van der Waals surface area contributed by atoms with Crippen LogP contribution in [0.15, 0.2) is 46.2 Å². The predicted molar refractivity (Wildman–Crippen MR) is 99.9 cm³/mol. The van der Waals surface area contributed by atoms with Gasteiger partial charge in [0.1, 0.15) is 0 Å². The summed E-state index contributed by atoms with van der Waals surface area (Å²) in [6.45, 7) is 4.44. The highest BCUT2D eigenvalue weighted by Crippen LogP contribution is 2.24. The number of H-pyrrole nitrogens is 1. The fraction of sp³-hybridized carbons (Fsp3) is 0.235. The van der Waals surface area contributed by atoms with Gasteiger partial charge in [0.25, 0.3) is 0 Å². The highest BCUT2D eigenvalue weighted by atomic mass is 79.9. The van der Waals surface area contributed by atoms with Gasteiger partial charge in [-0.2, -0.15) is 0 Å². The Morgan fingerprint density at radius 2 is 2.12 bits per heavy atom. The van der Waals surface area contributed by atoms with Gasteiger partial charge in [0.05, 0.1) is 10.8 Å². The number of benzene rings is 1. The van der Waals surface area contributed by atoms with Crippen molar-refractivity contribution in [1.29, 1.82) is 0 Å². The van der Waals surface area contributed by atoms with Crippen molar-refractivity contribution in [2.75, 3.05) is 0 Å². The SMILES string of the molecule is Cc1ccc(CNC(=O)C(C)Sc2nc3ncc(Br)cc3[nH]2)cc1. The fourth-order valence-electron chi connectivity index (χ4n) is 2.17. The summed E-state index contributed by atoms with van der Waals surface area (Å²) >= 11 is 4.77. The van der Waals surface area contributed by atoms with Crippen LogP contribution in [-0.2, 0) is 11.3 Å². The minimum Gasteiger partial charge on any atom is -0.351 e. The number of aryl methyl sites for hydroxylation is 1. The average Bonchev–Trinajstić information content (AvgIpc) is 2.95. The molecule has 1 aromatic carbocycles. The molecule has 5 nitrogen and oxygen atoms in total. The van der Waals surface area contributed by atoms with Crippen LogP contribution in [0.3, 0.4) is 0 Å². The summed E-state index contributed by atoms with van der Waals surface area (Å²) in [5, 5.41) is 3.39. The van der Waals surface area contributed by atoms with E-state index in [4.69, 9.17) is 0 Å². The van der Waals surface area contributed by atoms with Crippen LogP contribution >= 0.6 is 27.7 Å². The maximum absolute atomic E-state index is 12.3. The molecule has 0 saturated carbocycles. The predicted octanol–water partition coefficient (Wildman–Crippen LogP) is 3.83. The number of fused-ring (bicyclic) bond motifs is 1. The standard InChI is InChI=1S/C17H17BrN4OS/c1-10-3-5-12(6-4-10)8-20-16(23)11(2)24-17-21-14-7-13(18)9-19-15(14)22-17/h3-7,9,11H,8H2,1-2H3,(H,20,23)(H,19,21,22). The first kappa shape index (κ1) is 17.0. The van der Waals surface area contributed by atoms with E-state index >= 15 is 0 Å². The van der Waals surface area contributed by atoms with E-state index in [1.807, 2.05) is 44.2 Å². The highest BCUT2D eigenvalue weighted by Gasteiger charge is 2.16. The number of aromatic nitrogens is 3. The number of aromatic amines is 1. The van der Waals surface area contributed by atoms with E-state index in [2.05, 4.69) is 36.2 Å². The van der Waals surface area contributed by atoms with Crippen LogP contribution in [0.2, 0.25) is 0 Å². The molecule has 0 aliphatic carbocycles. The largest absolute Gasteiger partial charge is 0.351 e. The van der Waals surface area contributed by atoms with Crippen LogP contribution in [0.4, 0.5) is 0 Å². The number of rotatable bonds is 5. The number of carbonyl (C=O) groups is 1. The number of thioether (sulfide) groups is 1. The Morgan fingerprint density at radius 3 is 2.88 bits per heavy atom. The van der Waals surface area contributed by atoms with Crippen molar-refractivity contribution >= 4 is 44.8 Å². The lowest BCUT2D eigenvalue weighted by Crippen LogP contribution is -2.30. The Morgan fingerprint density at radius 1 is 1.38 bits per heavy atom. The molecule has 0 saturated heterocycles. The molecule has 2 N–H and O–H groups in total. The topological polar surface area (TPSA) is 70.7 Å². The van der Waals surface area contributed by atoms with E-state index in [0.29, 0.717) is 17.3 Å². The molecule has 0 aliphatic heterocycles. The van der Waals surface area contributed by atoms with Gasteiger partial charge in [0, 0.05) is 17.2 Å². The monoisotopic (exact) mass is 404 g/mol. The van der Waals surface area contributed by atoms with Gasteiger partial charge in [-0.3, -0.25) is 4.79 Å². The Hall–Kier alpha value is -1.86. The van der Waals surface area contributed by atoms with Crippen molar-refractivity contribution in [3.05, 3.63) is 52.1 Å².